The summed E-state index contributed by atoms with van der Waals surface area (Å²) in [4.78, 5) is 0. The van der Waals surface area contributed by atoms with E-state index in [4.69, 9.17) is 0 Å². The van der Waals surface area contributed by atoms with E-state index in [0.29, 0.717) is 0 Å². The van der Waals surface area contributed by atoms with Gasteiger partial charge in [-0.15, -0.1) is 0 Å². The van der Waals surface area contributed by atoms with E-state index in [1.807, 2.05) is 47.6 Å². The first kappa shape index (κ1) is 37.7. The van der Waals surface area contributed by atoms with E-state index in [9.17, 15) is 0 Å². The normalized spacial score (nSPS) is 6.86. The third kappa shape index (κ3) is 11.2. The molecule has 0 saturated heterocycles. The Morgan fingerprint density at radius 2 is 1.05 bits per heavy atom. The van der Waals surface area contributed by atoms with Crippen LogP contribution < -0.4 is 0 Å². The summed E-state index contributed by atoms with van der Waals surface area (Å²) in [7, 11) is 4.57. The molecule has 0 spiro atoms. The number of halogens is 1. The van der Waals surface area contributed by atoms with Crippen LogP contribution in [0.15, 0.2) is 30.3 Å². The Balaban J connectivity index is -0.0000000471. The van der Waals surface area contributed by atoms with Crippen LogP contribution in [-0.4, -0.2) is 0 Å². The van der Waals surface area contributed by atoms with Gasteiger partial charge in [0.15, 0.2) is 0 Å². The molecule has 2 aromatic rings. The topological polar surface area (TPSA) is 0 Å². The molecule has 2 heteroatoms. The Bertz CT molecular complexity index is 314. The molecule has 0 amide bonds. The first-order valence-corrected chi connectivity index (χ1v) is 7.79. The van der Waals surface area contributed by atoms with Crippen LogP contribution in [0.2, 0.25) is 0 Å². The molecule has 0 bridgehead atoms. The van der Waals surface area contributed by atoms with Crippen LogP contribution in [0.25, 0.3) is 0 Å². The number of hydrogen-bond donors (Lipinski definition) is 0. The average molecular weight is 412 g/mol. The minimum Gasteiger partial charge on any atom is -0.214 e. The Hall–Kier alpha value is -0.387. The molecule has 0 heterocycles. The van der Waals surface area contributed by atoms with Gasteiger partial charge in [-0.25, -0.2) is 12.1 Å². The third-order valence-electron chi connectivity index (χ3n) is 3.37. The number of rotatable bonds is 0. The average Bonchev–Trinajstić information content (AvgIpc) is 2.99. The summed E-state index contributed by atoms with van der Waals surface area (Å²) in [6, 6.07) is 10.0. The minimum absolute atomic E-state index is 0. The fourth-order valence-electron chi connectivity index (χ4n) is 1.73. The van der Waals surface area contributed by atoms with Crippen molar-refractivity contribution >= 4 is 9.69 Å². The SMILES string of the molecule is Cc1c(C)c(C)[c-](C)c1C.[CH3-].[CH3-].[CH3-].[CH3-].[CH3-].[Cl][Ru].c1cc[cH-]c1. The van der Waals surface area contributed by atoms with Crippen molar-refractivity contribution in [3.05, 3.63) is 95.3 Å². The van der Waals surface area contributed by atoms with Gasteiger partial charge >= 0.3 is 27.0 Å². The predicted octanol–water partition coefficient (Wildman–Crippen LogP) is 7.29. The zero-order chi connectivity index (χ0) is 13.4. The summed E-state index contributed by atoms with van der Waals surface area (Å²) in [5, 5.41) is 0. The van der Waals surface area contributed by atoms with Crippen molar-refractivity contribution in [2.24, 2.45) is 0 Å². The maximum atomic E-state index is 4.57. The van der Waals surface area contributed by atoms with Crippen molar-refractivity contribution in [1.82, 2.24) is 0 Å². The monoisotopic (exact) mass is 412 g/mol. The van der Waals surface area contributed by atoms with Crippen LogP contribution in [0.3, 0.4) is 0 Å². The zero-order valence-electron chi connectivity index (χ0n) is 16.1. The van der Waals surface area contributed by atoms with Gasteiger partial charge < -0.3 is 37.1 Å². The van der Waals surface area contributed by atoms with Gasteiger partial charge in [0.1, 0.15) is 0 Å². The molecule has 0 aliphatic carbocycles. The maximum Gasteiger partial charge on any atom is -0.172 e. The molecule has 0 atom stereocenters. The summed E-state index contributed by atoms with van der Waals surface area (Å²) in [5.41, 5.74) is 7.34. The Labute approximate surface area is 156 Å². The molecule has 0 aromatic heterocycles. The largest absolute Gasteiger partial charge is 0.214 e. The standard InChI is InChI=1S/C10H15.C5H5.5CH3.ClH.Ru/c1-6-7(2)9(4)10(5)8(6)3;1-2-4-5-3-1;;;;;;;/h1-5H3;1-5H;5*1H3;1H;/q7*-1;;+1/p-1. The van der Waals surface area contributed by atoms with Crippen LogP contribution >= 0.6 is 9.69 Å². The number of hydrogen-bond acceptors (Lipinski definition) is 0. The van der Waals surface area contributed by atoms with Crippen molar-refractivity contribution in [1.29, 1.82) is 0 Å². The Morgan fingerprint density at radius 3 is 1.14 bits per heavy atom. The predicted molar refractivity (Wildman–Crippen MR) is 106 cm³/mol. The molecular formula is C20H35ClRu-7. The van der Waals surface area contributed by atoms with Crippen LogP contribution in [0.4, 0.5) is 0 Å². The molecule has 0 radical (unpaired) electrons. The van der Waals surface area contributed by atoms with E-state index in [-0.39, 0.29) is 37.1 Å². The van der Waals surface area contributed by atoms with Gasteiger partial charge in [-0.2, -0.15) is 46.0 Å². The molecule has 2 aromatic carbocycles. The van der Waals surface area contributed by atoms with Gasteiger partial charge in [0, 0.05) is 0 Å². The molecule has 137 valence electrons. The molecule has 0 N–H and O–H groups in total. The van der Waals surface area contributed by atoms with Crippen LogP contribution in [0, 0.1) is 71.8 Å². The van der Waals surface area contributed by atoms with Crippen molar-refractivity contribution in [3.8, 4) is 0 Å². The summed E-state index contributed by atoms with van der Waals surface area (Å²) in [6.45, 7) is 11.0. The van der Waals surface area contributed by atoms with Crippen molar-refractivity contribution in [2.75, 3.05) is 0 Å². The Kier molecular flexibility index (Phi) is 35.3. The first-order valence-electron chi connectivity index (χ1n) is 5.55. The van der Waals surface area contributed by atoms with Gasteiger partial charge in [0.25, 0.3) is 0 Å². The second-order valence-corrected chi connectivity index (χ2v) is 4.09. The van der Waals surface area contributed by atoms with E-state index < -0.39 is 0 Å². The summed E-state index contributed by atoms with van der Waals surface area (Å²) in [5.74, 6) is 0. The van der Waals surface area contributed by atoms with Crippen LogP contribution in [0.1, 0.15) is 27.8 Å². The fourth-order valence-corrected chi connectivity index (χ4v) is 1.73. The quantitative estimate of drug-likeness (QED) is 0.315. The second-order valence-electron chi connectivity index (χ2n) is 4.09. The maximum absolute atomic E-state index is 4.57. The van der Waals surface area contributed by atoms with Crippen LogP contribution in [0.5, 0.6) is 0 Å². The molecule has 0 aliphatic rings. The molecule has 0 fully saturated rings. The molecule has 0 unspecified atom stereocenters. The van der Waals surface area contributed by atoms with Gasteiger partial charge in [-0.1, -0.05) is 34.6 Å². The van der Waals surface area contributed by atoms with Gasteiger partial charge in [-0.3, -0.25) is 0 Å². The van der Waals surface area contributed by atoms with Crippen LogP contribution in [-0.2, 0) is 17.3 Å². The summed E-state index contributed by atoms with van der Waals surface area (Å²) in [6.07, 6.45) is 0. The van der Waals surface area contributed by atoms with E-state index in [0.717, 1.165) is 0 Å². The summed E-state index contributed by atoms with van der Waals surface area (Å²) < 4.78 is 0. The molecule has 22 heavy (non-hydrogen) atoms. The zero-order valence-corrected chi connectivity index (χ0v) is 18.6. The first-order chi connectivity index (χ1) is 8.05. The van der Waals surface area contributed by atoms with Crippen molar-refractivity contribution in [2.45, 2.75) is 34.6 Å². The summed E-state index contributed by atoms with van der Waals surface area (Å²) >= 11 is 1.82. The Morgan fingerprint density at radius 1 is 0.773 bits per heavy atom. The molecular weight excluding hydrogens is 377 g/mol. The van der Waals surface area contributed by atoms with Gasteiger partial charge in [0.2, 0.25) is 0 Å². The van der Waals surface area contributed by atoms with Crippen molar-refractivity contribution in [3.63, 3.8) is 0 Å². The van der Waals surface area contributed by atoms with Gasteiger partial charge in [-0.05, 0) is 0 Å². The molecule has 0 saturated carbocycles. The minimum atomic E-state index is 0. The van der Waals surface area contributed by atoms with E-state index in [2.05, 4.69) is 44.3 Å². The fraction of sp³-hybridized carbons (Fsp3) is 0.250. The molecule has 0 nitrogen and oxygen atoms in total. The third-order valence-corrected chi connectivity index (χ3v) is 3.37. The molecule has 0 aliphatic heterocycles. The van der Waals surface area contributed by atoms with E-state index in [1.165, 1.54) is 27.8 Å². The van der Waals surface area contributed by atoms with Gasteiger partial charge in [0.05, 0.1) is 0 Å². The van der Waals surface area contributed by atoms with E-state index >= 15 is 0 Å². The van der Waals surface area contributed by atoms with Crippen molar-refractivity contribution < 1.29 is 17.3 Å². The molecule has 2 rings (SSSR count). The van der Waals surface area contributed by atoms with E-state index in [1.54, 1.807) is 0 Å². The smallest absolute Gasteiger partial charge is 0.172 e. The second kappa shape index (κ2) is 20.6.